The molecule has 2 fully saturated rings. The minimum absolute atomic E-state index is 0.216. The molecule has 0 bridgehead atoms. The van der Waals surface area contributed by atoms with Crippen molar-refractivity contribution in [3.8, 4) is 0 Å². The first-order valence-corrected chi connectivity index (χ1v) is 8.55. The summed E-state index contributed by atoms with van der Waals surface area (Å²) in [5.41, 5.74) is 0.216. The minimum Gasteiger partial charge on any atom is -0.375 e. The Bertz CT molecular complexity index is 279. The molecule has 0 aromatic heterocycles. The zero-order chi connectivity index (χ0) is 14.6. The molecule has 0 radical (unpaired) electrons. The second-order valence-corrected chi connectivity index (χ2v) is 7.56. The van der Waals surface area contributed by atoms with E-state index in [2.05, 4.69) is 38.2 Å². The molecule has 2 unspecified atom stereocenters. The Morgan fingerprint density at radius 3 is 2.50 bits per heavy atom. The summed E-state index contributed by atoms with van der Waals surface area (Å²) in [5.74, 6) is 0.683. The zero-order valence-electron chi connectivity index (χ0n) is 14.0. The highest BCUT2D eigenvalue weighted by Crippen LogP contribution is 2.38. The van der Waals surface area contributed by atoms with Gasteiger partial charge < -0.3 is 15.0 Å². The summed E-state index contributed by atoms with van der Waals surface area (Å²) in [6.45, 7) is 6.74. The van der Waals surface area contributed by atoms with Gasteiger partial charge in [0.25, 0.3) is 0 Å². The molecule has 0 aromatic carbocycles. The van der Waals surface area contributed by atoms with Crippen LogP contribution in [0.5, 0.6) is 0 Å². The highest BCUT2D eigenvalue weighted by atomic mass is 16.5. The molecule has 2 rings (SSSR count). The minimum atomic E-state index is 0.216. The Morgan fingerprint density at radius 1 is 1.20 bits per heavy atom. The first-order chi connectivity index (χ1) is 9.51. The van der Waals surface area contributed by atoms with E-state index in [0.717, 1.165) is 13.2 Å². The molecule has 118 valence electrons. The standard InChI is InChI=1S/C17H34N2O/c1-14(2)16(13-19(3)4)18-15-8-11-20-17(12-15)9-6-5-7-10-17/h14-16,18H,5-13H2,1-4H3. The third-order valence-corrected chi connectivity index (χ3v) is 5.07. The van der Waals surface area contributed by atoms with Gasteiger partial charge in [-0.1, -0.05) is 33.1 Å². The van der Waals surface area contributed by atoms with E-state index in [9.17, 15) is 0 Å². The van der Waals surface area contributed by atoms with Crippen LogP contribution in [0.25, 0.3) is 0 Å². The maximum atomic E-state index is 6.21. The number of rotatable bonds is 5. The predicted octanol–water partition coefficient (Wildman–Crippen LogP) is 3.04. The SMILES string of the molecule is CC(C)C(CN(C)C)NC1CCOC2(CCCCC2)C1. The van der Waals surface area contributed by atoms with Gasteiger partial charge in [-0.15, -0.1) is 0 Å². The van der Waals surface area contributed by atoms with Gasteiger partial charge in [0.2, 0.25) is 0 Å². The Morgan fingerprint density at radius 2 is 1.90 bits per heavy atom. The maximum absolute atomic E-state index is 6.21. The van der Waals surface area contributed by atoms with Gasteiger partial charge in [0.05, 0.1) is 5.60 Å². The molecule has 3 nitrogen and oxygen atoms in total. The van der Waals surface area contributed by atoms with Crippen LogP contribution in [0, 0.1) is 5.92 Å². The Hall–Kier alpha value is -0.120. The first kappa shape index (κ1) is 16.3. The molecule has 1 aliphatic heterocycles. The molecule has 1 heterocycles. The van der Waals surface area contributed by atoms with Gasteiger partial charge in [0, 0.05) is 25.2 Å². The van der Waals surface area contributed by atoms with Crippen LogP contribution in [0.15, 0.2) is 0 Å². The fraction of sp³-hybridized carbons (Fsp3) is 1.00. The quantitative estimate of drug-likeness (QED) is 0.839. The lowest BCUT2D eigenvalue weighted by molar-refractivity contribution is -0.110. The topological polar surface area (TPSA) is 24.5 Å². The fourth-order valence-electron chi connectivity index (χ4n) is 3.87. The number of ether oxygens (including phenoxy) is 1. The molecule has 1 saturated heterocycles. The number of nitrogens with one attached hydrogen (secondary N) is 1. The van der Waals surface area contributed by atoms with Crippen molar-refractivity contribution in [1.29, 1.82) is 0 Å². The van der Waals surface area contributed by atoms with Crippen molar-refractivity contribution in [2.24, 2.45) is 5.92 Å². The van der Waals surface area contributed by atoms with Crippen molar-refractivity contribution in [2.75, 3.05) is 27.2 Å². The summed E-state index contributed by atoms with van der Waals surface area (Å²) in [7, 11) is 4.34. The molecule has 1 saturated carbocycles. The van der Waals surface area contributed by atoms with Crippen LogP contribution in [0.2, 0.25) is 0 Å². The lowest BCUT2D eigenvalue weighted by atomic mass is 9.78. The monoisotopic (exact) mass is 282 g/mol. The van der Waals surface area contributed by atoms with Crippen LogP contribution in [0.4, 0.5) is 0 Å². The van der Waals surface area contributed by atoms with E-state index in [-0.39, 0.29) is 5.60 Å². The number of nitrogens with zero attached hydrogens (tertiary/aromatic N) is 1. The molecule has 2 atom stereocenters. The van der Waals surface area contributed by atoms with Gasteiger partial charge in [0.1, 0.15) is 0 Å². The van der Waals surface area contributed by atoms with Crippen molar-refractivity contribution in [3.05, 3.63) is 0 Å². The number of hydrogen-bond acceptors (Lipinski definition) is 3. The smallest absolute Gasteiger partial charge is 0.0697 e. The average molecular weight is 282 g/mol. The Kier molecular flexibility index (Phi) is 5.88. The molecule has 0 aromatic rings. The van der Waals surface area contributed by atoms with Gasteiger partial charge in [-0.2, -0.15) is 0 Å². The molecule has 2 aliphatic rings. The van der Waals surface area contributed by atoms with Crippen LogP contribution >= 0.6 is 0 Å². The van der Waals surface area contributed by atoms with E-state index in [1.54, 1.807) is 0 Å². The van der Waals surface area contributed by atoms with Gasteiger partial charge >= 0.3 is 0 Å². The normalized spacial score (nSPS) is 28.2. The third kappa shape index (κ3) is 4.44. The molecular formula is C17H34N2O. The molecule has 3 heteroatoms. The molecule has 1 spiro atoms. The Labute approximate surface area is 125 Å². The lowest BCUT2D eigenvalue weighted by Crippen LogP contribution is -2.53. The van der Waals surface area contributed by atoms with E-state index >= 15 is 0 Å². The molecular weight excluding hydrogens is 248 g/mol. The molecule has 1 aliphatic carbocycles. The Balaban J connectivity index is 1.90. The first-order valence-electron chi connectivity index (χ1n) is 8.55. The average Bonchev–Trinajstić information content (AvgIpc) is 2.38. The van der Waals surface area contributed by atoms with E-state index in [0.29, 0.717) is 18.0 Å². The number of likely N-dealkylation sites (N-methyl/N-ethyl adjacent to an activating group) is 1. The number of hydrogen-bond donors (Lipinski definition) is 1. The summed E-state index contributed by atoms with van der Waals surface area (Å²) in [5, 5.41) is 3.94. The van der Waals surface area contributed by atoms with Gasteiger partial charge in [0.15, 0.2) is 0 Å². The van der Waals surface area contributed by atoms with E-state index in [4.69, 9.17) is 4.74 Å². The lowest BCUT2D eigenvalue weighted by Gasteiger charge is -2.45. The molecule has 1 N–H and O–H groups in total. The predicted molar refractivity (Wildman–Crippen MR) is 85.1 cm³/mol. The van der Waals surface area contributed by atoms with Crippen molar-refractivity contribution in [3.63, 3.8) is 0 Å². The summed E-state index contributed by atoms with van der Waals surface area (Å²) < 4.78 is 6.21. The van der Waals surface area contributed by atoms with Gasteiger partial charge in [-0.3, -0.25) is 0 Å². The van der Waals surface area contributed by atoms with Crippen LogP contribution in [-0.2, 0) is 4.74 Å². The van der Waals surface area contributed by atoms with Crippen molar-refractivity contribution in [1.82, 2.24) is 10.2 Å². The van der Waals surface area contributed by atoms with Crippen molar-refractivity contribution in [2.45, 2.75) is 76.5 Å². The van der Waals surface area contributed by atoms with Gasteiger partial charge in [-0.25, -0.2) is 0 Å². The van der Waals surface area contributed by atoms with Crippen molar-refractivity contribution >= 4 is 0 Å². The summed E-state index contributed by atoms with van der Waals surface area (Å²) in [6.07, 6.45) is 9.09. The highest BCUT2D eigenvalue weighted by molar-refractivity contribution is 4.93. The van der Waals surface area contributed by atoms with Crippen LogP contribution in [0.3, 0.4) is 0 Å². The summed E-state index contributed by atoms with van der Waals surface area (Å²) in [4.78, 5) is 2.30. The van der Waals surface area contributed by atoms with Crippen molar-refractivity contribution < 1.29 is 4.74 Å². The van der Waals surface area contributed by atoms with E-state index in [1.807, 2.05) is 0 Å². The second-order valence-electron chi connectivity index (χ2n) is 7.56. The second kappa shape index (κ2) is 7.24. The highest BCUT2D eigenvalue weighted by Gasteiger charge is 2.39. The maximum Gasteiger partial charge on any atom is 0.0697 e. The molecule has 0 amide bonds. The molecule has 20 heavy (non-hydrogen) atoms. The fourth-order valence-corrected chi connectivity index (χ4v) is 3.87. The van der Waals surface area contributed by atoms with Gasteiger partial charge in [-0.05, 0) is 45.7 Å². The van der Waals surface area contributed by atoms with Crippen LogP contribution in [-0.4, -0.2) is 49.8 Å². The van der Waals surface area contributed by atoms with E-state index in [1.165, 1.54) is 44.9 Å². The third-order valence-electron chi connectivity index (χ3n) is 5.07. The summed E-state index contributed by atoms with van der Waals surface area (Å²) in [6, 6.07) is 1.24. The largest absolute Gasteiger partial charge is 0.375 e. The van der Waals surface area contributed by atoms with E-state index < -0.39 is 0 Å². The van der Waals surface area contributed by atoms with Crippen LogP contribution in [0.1, 0.15) is 58.8 Å². The summed E-state index contributed by atoms with van der Waals surface area (Å²) >= 11 is 0. The van der Waals surface area contributed by atoms with Crippen LogP contribution < -0.4 is 5.32 Å². The zero-order valence-corrected chi connectivity index (χ0v) is 14.0.